The van der Waals surface area contributed by atoms with Crippen LogP contribution in [-0.4, -0.2) is 5.33 Å². The summed E-state index contributed by atoms with van der Waals surface area (Å²) in [4.78, 5) is 0. The molecule has 0 bridgehead atoms. The molecule has 0 radical (unpaired) electrons. The van der Waals surface area contributed by atoms with Crippen LogP contribution in [0.3, 0.4) is 0 Å². The number of alkyl halides is 1. The van der Waals surface area contributed by atoms with E-state index in [2.05, 4.69) is 15.9 Å². The highest BCUT2D eigenvalue weighted by Gasteiger charge is 1.87. The first-order valence-corrected chi connectivity index (χ1v) is 5.78. The van der Waals surface area contributed by atoms with Crippen LogP contribution in [0.2, 0.25) is 0 Å². The van der Waals surface area contributed by atoms with Gasteiger partial charge in [0.2, 0.25) is 0 Å². The fraction of sp³-hybridized carbons (Fsp3) is 0.778. The lowest BCUT2D eigenvalue weighted by atomic mass is 10.1. The van der Waals surface area contributed by atoms with Gasteiger partial charge in [0.15, 0.2) is 0 Å². The molecule has 0 aliphatic carbocycles. The van der Waals surface area contributed by atoms with Gasteiger partial charge in [0.05, 0.1) is 0 Å². The zero-order valence-electron chi connectivity index (χ0n) is 6.86. The van der Waals surface area contributed by atoms with Crippen LogP contribution in [0.15, 0.2) is 11.6 Å². The molecule has 0 saturated heterocycles. The van der Waals surface area contributed by atoms with Crippen molar-refractivity contribution >= 4 is 27.5 Å². The van der Waals surface area contributed by atoms with E-state index in [1.165, 1.54) is 32.1 Å². The van der Waals surface area contributed by atoms with Crippen molar-refractivity contribution in [2.75, 3.05) is 5.33 Å². The van der Waals surface area contributed by atoms with Crippen LogP contribution in [0.5, 0.6) is 0 Å². The lowest BCUT2D eigenvalue weighted by molar-refractivity contribution is 0.641. The summed E-state index contributed by atoms with van der Waals surface area (Å²) in [6.45, 7) is 0. The van der Waals surface area contributed by atoms with E-state index >= 15 is 0 Å². The van der Waals surface area contributed by atoms with Crippen molar-refractivity contribution in [2.45, 2.75) is 38.5 Å². The molecule has 0 aromatic heterocycles. The minimum Gasteiger partial charge on any atom is -0.0933 e. The number of allylic oxidation sites excluding steroid dienone is 1. The lowest BCUT2D eigenvalue weighted by Crippen LogP contribution is -1.78. The Labute approximate surface area is 83.1 Å². The maximum atomic E-state index is 5.38. The molecular formula is C9H16BrCl. The first-order chi connectivity index (χ1) is 5.41. The zero-order valence-corrected chi connectivity index (χ0v) is 9.20. The van der Waals surface area contributed by atoms with Crippen LogP contribution >= 0.6 is 27.5 Å². The minimum absolute atomic E-state index is 1.14. The zero-order chi connectivity index (χ0) is 8.36. The molecule has 0 aliphatic rings. The number of halogens is 2. The second kappa shape index (κ2) is 10.5. The maximum absolute atomic E-state index is 5.38. The van der Waals surface area contributed by atoms with Crippen molar-refractivity contribution in [3.05, 3.63) is 11.6 Å². The molecule has 0 heterocycles. The third-order valence-electron chi connectivity index (χ3n) is 1.59. The fourth-order valence-electron chi connectivity index (χ4n) is 0.950. The summed E-state index contributed by atoms with van der Waals surface area (Å²) in [6.07, 6.45) is 9.81. The molecule has 0 saturated carbocycles. The van der Waals surface area contributed by atoms with E-state index in [1.807, 2.05) is 6.08 Å². The Bertz CT molecular complexity index is 91.6. The van der Waals surface area contributed by atoms with E-state index in [4.69, 9.17) is 11.6 Å². The monoisotopic (exact) mass is 238 g/mol. The van der Waals surface area contributed by atoms with Gasteiger partial charge in [-0.2, -0.15) is 0 Å². The number of unbranched alkanes of at least 4 members (excludes halogenated alkanes) is 5. The van der Waals surface area contributed by atoms with Gasteiger partial charge in [0.25, 0.3) is 0 Å². The van der Waals surface area contributed by atoms with Gasteiger partial charge in [0, 0.05) is 10.9 Å². The summed E-state index contributed by atoms with van der Waals surface area (Å²) < 4.78 is 0. The van der Waals surface area contributed by atoms with Gasteiger partial charge in [0.1, 0.15) is 0 Å². The van der Waals surface area contributed by atoms with Crippen LogP contribution in [0.4, 0.5) is 0 Å². The molecule has 11 heavy (non-hydrogen) atoms. The predicted octanol–water partition coefficient (Wildman–Crippen LogP) is 4.47. The molecule has 0 fully saturated rings. The van der Waals surface area contributed by atoms with Gasteiger partial charge in [-0.05, 0) is 19.3 Å². The minimum atomic E-state index is 1.14. The quantitative estimate of drug-likeness (QED) is 0.454. The van der Waals surface area contributed by atoms with Crippen LogP contribution in [0.1, 0.15) is 38.5 Å². The smallest absolute Gasteiger partial charge is 0.00313 e. The Hall–Kier alpha value is 0.510. The molecule has 0 nitrogen and oxygen atoms in total. The van der Waals surface area contributed by atoms with Gasteiger partial charge in [-0.15, -0.1) is 0 Å². The number of hydrogen-bond acceptors (Lipinski definition) is 0. The summed E-state index contributed by atoms with van der Waals surface area (Å²) in [5.74, 6) is 0. The molecule has 0 aromatic carbocycles. The lowest BCUT2D eigenvalue weighted by Gasteiger charge is -1.96. The molecule has 0 N–H and O–H groups in total. The molecule has 0 unspecified atom stereocenters. The Morgan fingerprint density at radius 1 is 1.00 bits per heavy atom. The van der Waals surface area contributed by atoms with E-state index < -0.39 is 0 Å². The van der Waals surface area contributed by atoms with Crippen molar-refractivity contribution in [3.63, 3.8) is 0 Å². The summed E-state index contributed by atoms with van der Waals surface area (Å²) in [5.41, 5.74) is 1.61. The molecule has 0 atom stereocenters. The van der Waals surface area contributed by atoms with Crippen molar-refractivity contribution in [1.29, 1.82) is 0 Å². The molecule has 0 amide bonds. The van der Waals surface area contributed by atoms with Gasteiger partial charge in [-0.3, -0.25) is 0 Å². The molecule has 2 heteroatoms. The van der Waals surface area contributed by atoms with Gasteiger partial charge in [-0.1, -0.05) is 52.9 Å². The second-order valence-electron chi connectivity index (χ2n) is 2.61. The normalized spacial score (nSPS) is 11.1. The van der Waals surface area contributed by atoms with E-state index in [-0.39, 0.29) is 0 Å². The first-order valence-electron chi connectivity index (χ1n) is 4.23. The third kappa shape index (κ3) is 10.5. The fourth-order valence-corrected chi connectivity index (χ4v) is 1.47. The number of hydrogen-bond donors (Lipinski definition) is 0. The highest BCUT2D eigenvalue weighted by atomic mass is 79.9. The summed E-state index contributed by atoms with van der Waals surface area (Å²) >= 11 is 8.79. The van der Waals surface area contributed by atoms with Crippen molar-refractivity contribution in [1.82, 2.24) is 0 Å². The van der Waals surface area contributed by atoms with Crippen LogP contribution in [0, 0.1) is 0 Å². The van der Waals surface area contributed by atoms with E-state index in [0.29, 0.717) is 0 Å². The summed E-state index contributed by atoms with van der Waals surface area (Å²) in [5, 5.41) is 1.15. The highest BCUT2D eigenvalue weighted by Crippen LogP contribution is 2.06. The molecule has 0 aliphatic heterocycles. The van der Waals surface area contributed by atoms with Gasteiger partial charge in [-0.25, -0.2) is 0 Å². The van der Waals surface area contributed by atoms with Crippen molar-refractivity contribution in [2.24, 2.45) is 0 Å². The maximum Gasteiger partial charge on any atom is 0.00313 e. The Kier molecular flexibility index (Phi) is 11.0. The molecule has 66 valence electrons. The van der Waals surface area contributed by atoms with Gasteiger partial charge >= 0.3 is 0 Å². The third-order valence-corrected chi connectivity index (χ3v) is 2.33. The average Bonchev–Trinajstić information content (AvgIpc) is 2.03. The van der Waals surface area contributed by atoms with Crippen molar-refractivity contribution < 1.29 is 0 Å². The summed E-state index contributed by atoms with van der Waals surface area (Å²) in [7, 11) is 0. The van der Waals surface area contributed by atoms with Crippen LogP contribution in [0.25, 0.3) is 0 Å². The highest BCUT2D eigenvalue weighted by molar-refractivity contribution is 9.09. The van der Waals surface area contributed by atoms with E-state index in [0.717, 1.165) is 11.8 Å². The number of rotatable bonds is 7. The van der Waals surface area contributed by atoms with Crippen LogP contribution in [-0.2, 0) is 0 Å². The molecule has 0 spiro atoms. The predicted molar refractivity (Wildman–Crippen MR) is 56.5 cm³/mol. The summed E-state index contributed by atoms with van der Waals surface area (Å²) in [6, 6.07) is 0. The molecule has 0 aromatic rings. The average molecular weight is 240 g/mol. The Balaban J connectivity index is 2.79. The van der Waals surface area contributed by atoms with Crippen LogP contribution < -0.4 is 0 Å². The second-order valence-corrected chi connectivity index (χ2v) is 3.65. The Morgan fingerprint density at radius 3 is 2.27 bits per heavy atom. The van der Waals surface area contributed by atoms with E-state index in [1.54, 1.807) is 5.54 Å². The molecule has 0 rings (SSSR count). The first kappa shape index (κ1) is 11.5. The van der Waals surface area contributed by atoms with Gasteiger partial charge < -0.3 is 0 Å². The van der Waals surface area contributed by atoms with Crippen molar-refractivity contribution in [3.8, 4) is 0 Å². The topological polar surface area (TPSA) is 0 Å². The standard InChI is InChI=1S/C9H16BrCl/c10-8-6-4-2-1-3-5-7-9-11/h7,9H,1-6,8H2. The Morgan fingerprint density at radius 2 is 1.64 bits per heavy atom. The largest absolute Gasteiger partial charge is 0.0933 e. The molecular weight excluding hydrogens is 223 g/mol. The SMILES string of the molecule is ClC=CCCCCCCCBr. The van der Waals surface area contributed by atoms with E-state index in [9.17, 15) is 0 Å².